The van der Waals surface area contributed by atoms with Crippen molar-refractivity contribution in [2.45, 2.75) is 26.5 Å². The molecule has 1 N–H and O–H groups in total. The normalized spacial score (nSPS) is 10.8. The number of thiophene rings is 1. The third kappa shape index (κ3) is 2.49. The number of aliphatic hydroxyl groups is 1. The van der Waals surface area contributed by atoms with Crippen LogP contribution in [-0.2, 0) is 19.6 Å². The van der Waals surface area contributed by atoms with Gasteiger partial charge in [-0.05, 0) is 30.2 Å². The van der Waals surface area contributed by atoms with Crippen LogP contribution in [0.4, 0.5) is 0 Å². The van der Waals surface area contributed by atoms with E-state index in [0.29, 0.717) is 0 Å². The Labute approximate surface area is 93.8 Å². The molecule has 2 aromatic rings. The highest BCUT2D eigenvalue weighted by Crippen LogP contribution is 2.18. The van der Waals surface area contributed by atoms with Crippen LogP contribution in [0.3, 0.4) is 0 Å². The molecule has 0 aromatic carbocycles. The molecule has 0 radical (unpaired) electrons. The first kappa shape index (κ1) is 10.5. The summed E-state index contributed by atoms with van der Waals surface area (Å²) in [6.45, 7) is 3.21. The van der Waals surface area contributed by atoms with Gasteiger partial charge in [0.25, 0.3) is 0 Å². The monoisotopic (exact) mass is 221 g/mol. The lowest BCUT2D eigenvalue weighted by Gasteiger charge is -1.98. The third-order valence-corrected chi connectivity index (χ3v) is 3.61. The number of aryl methyl sites for hydroxylation is 1. The van der Waals surface area contributed by atoms with Gasteiger partial charge in [-0.1, -0.05) is 6.92 Å². The Balaban J connectivity index is 2.07. The Hall–Kier alpha value is -1.06. The van der Waals surface area contributed by atoms with E-state index in [-0.39, 0.29) is 6.61 Å². The minimum Gasteiger partial charge on any atom is -0.392 e. The smallest absolute Gasteiger partial charge is 0.0696 e. The van der Waals surface area contributed by atoms with Crippen LogP contribution in [0.1, 0.15) is 22.2 Å². The second kappa shape index (κ2) is 4.64. The van der Waals surface area contributed by atoms with Gasteiger partial charge in [0, 0.05) is 22.1 Å². The van der Waals surface area contributed by atoms with E-state index >= 15 is 0 Å². The Morgan fingerprint density at radius 1 is 1.27 bits per heavy atom. The SMILES string of the molecule is CCc1ccc(Cn2ccc(CO)c2)s1. The van der Waals surface area contributed by atoms with Crippen molar-refractivity contribution in [3.63, 3.8) is 0 Å². The van der Waals surface area contributed by atoms with E-state index in [2.05, 4.69) is 23.6 Å². The average molecular weight is 221 g/mol. The van der Waals surface area contributed by atoms with Gasteiger partial charge >= 0.3 is 0 Å². The number of rotatable bonds is 4. The fourth-order valence-corrected chi connectivity index (χ4v) is 2.53. The van der Waals surface area contributed by atoms with Crippen molar-refractivity contribution in [2.75, 3.05) is 0 Å². The van der Waals surface area contributed by atoms with Gasteiger partial charge < -0.3 is 9.67 Å². The summed E-state index contributed by atoms with van der Waals surface area (Å²) in [5.41, 5.74) is 0.974. The zero-order valence-corrected chi connectivity index (χ0v) is 9.63. The number of aliphatic hydroxyl groups excluding tert-OH is 1. The van der Waals surface area contributed by atoms with E-state index in [1.165, 1.54) is 9.75 Å². The van der Waals surface area contributed by atoms with Gasteiger partial charge in [0.1, 0.15) is 0 Å². The first-order valence-electron chi connectivity index (χ1n) is 5.15. The third-order valence-electron chi connectivity index (χ3n) is 2.40. The van der Waals surface area contributed by atoms with Gasteiger partial charge in [0.15, 0.2) is 0 Å². The second-order valence-electron chi connectivity index (χ2n) is 3.57. The van der Waals surface area contributed by atoms with Crippen molar-refractivity contribution in [1.29, 1.82) is 0 Å². The summed E-state index contributed by atoms with van der Waals surface area (Å²) >= 11 is 1.86. The van der Waals surface area contributed by atoms with Crippen LogP contribution in [0.25, 0.3) is 0 Å². The quantitative estimate of drug-likeness (QED) is 0.843. The summed E-state index contributed by atoms with van der Waals surface area (Å²) in [4.78, 5) is 2.80. The molecule has 80 valence electrons. The lowest BCUT2D eigenvalue weighted by molar-refractivity contribution is 0.282. The molecule has 2 heterocycles. The van der Waals surface area contributed by atoms with E-state index in [0.717, 1.165) is 18.5 Å². The van der Waals surface area contributed by atoms with E-state index in [4.69, 9.17) is 5.11 Å². The summed E-state index contributed by atoms with van der Waals surface area (Å²) < 4.78 is 2.11. The van der Waals surface area contributed by atoms with E-state index in [9.17, 15) is 0 Å². The summed E-state index contributed by atoms with van der Waals surface area (Å²) in [5.74, 6) is 0. The zero-order chi connectivity index (χ0) is 10.7. The molecular weight excluding hydrogens is 206 g/mol. The summed E-state index contributed by atoms with van der Waals surface area (Å²) in [7, 11) is 0. The number of nitrogens with zero attached hydrogens (tertiary/aromatic N) is 1. The molecule has 0 saturated heterocycles. The van der Waals surface area contributed by atoms with Gasteiger partial charge in [-0.15, -0.1) is 11.3 Å². The fourth-order valence-electron chi connectivity index (χ4n) is 1.56. The van der Waals surface area contributed by atoms with Gasteiger partial charge in [-0.2, -0.15) is 0 Å². The van der Waals surface area contributed by atoms with Crippen molar-refractivity contribution in [2.24, 2.45) is 0 Å². The van der Waals surface area contributed by atoms with Crippen LogP contribution in [0.15, 0.2) is 30.6 Å². The van der Waals surface area contributed by atoms with Gasteiger partial charge in [-0.25, -0.2) is 0 Å². The number of hydrogen-bond donors (Lipinski definition) is 1. The van der Waals surface area contributed by atoms with Gasteiger partial charge in [0.2, 0.25) is 0 Å². The molecule has 0 atom stereocenters. The molecule has 0 saturated carbocycles. The first-order chi connectivity index (χ1) is 7.31. The Bertz CT molecular complexity index is 390. The molecule has 0 amide bonds. The molecule has 0 aliphatic carbocycles. The molecule has 2 nitrogen and oxygen atoms in total. The van der Waals surface area contributed by atoms with E-state index in [1.807, 2.05) is 29.8 Å². The predicted octanol–water partition coefficient (Wildman–Crippen LogP) is 2.65. The first-order valence-corrected chi connectivity index (χ1v) is 5.96. The van der Waals surface area contributed by atoms with Crippen molar-refractivity contribution in [3.05, 3.63) is 45.9 Å². The lowest BCUT2D eigenvalue weighted by Crippen LogP contribution is -1.93. The zero-order valence-electron chi connectivity index (χ0n) is 8.81. The second-order valence-corrected chi connectivity index (χ2v) is 4.82. The molecule has 0 unspecified atom stereocenters. The molecule has 15 heavy (non-hydrogen) atoms. The van der Waals surface area contributed by atoms with Gasteiger partial charge in [0.05, 0.1) is 13.2 Å². The minimum absolute atomic E-state index is 0.123. The maximum Gasteiger partial charge on any atom is 0.0696 e. The van der Waals surface area contributed by atoms with Crippen molar-refractivity contribution >= 4 is 11.3 Å². The number of aromatic nitrogens is 1. The predicted molar refractivity (Wildman–Crippen MR) is 63.2 cm³/mol. The maximum atomic E-state index is 8.95. The van der Waals surface area contributed by atoms with Crippen LogP contribution in [0.5, 0.6) is 0 Å². The van der Waals surface area contributed by atoms with Gasteiger partial charge in [-0.3, -0.25) is 0 Å². The standard InChI is InChI=1S/C12H15NOS/c1-2-11-3-4-12(15-11)8-13-6-5-10(7-13)9-14/h3-7,14H,2,8-9H2,1H3. The van der Waals surface area contributed by atoms with Crippen molar-refractivity contribution in [1.82, 2.24) is 4.57 Å². The van der Waals surface area contributed by atoms with E-state index < -0.39 is 0 Å². The van der Waals surface area contributed by atoms with Crippen molar-refractivity contribution in [3.8, 4) is 0 Å². The van der Waals surface area contributed by atoms with Crippen LogP contribution >= 0.6 is 11.3 Å². The average Bonchev–Trinajstić information content (AvgIpc) is 2.87. The van der Waals surface area contributed by atoms with Crippen LogP contribution in [0, 0.1) is 0 Å². The largest absolute Gasteiger partial charge is 0.392 e. The molecule has 0 aliphatic heterocycles. The molecular formula is C12H15NOS. The van der Waals surface area contributed by atoms with Crippen LogP contribution in [0.2, 0.25) is 0 Å². The molecule has 0 aliphatic rings. The van der Waals surface area contributed by atoms with E-state index in [1.54, 1.807) is 0 Å². The summed E-state index contributed by atoms with van der Waals surface area (Å²) in [5, 5.41) is 8.95. The highest BCUT2D eigenvalue weighted by atomic mass is 32.1. The molecule has 0 bridgehead atoms. The van der Waals surface area contributed by atoms with Crippen molar-refractivity contribution < 1.29 is 5.11 Å². The summed E-state index contributed by atoms with van der Waals surface area (Å²) in [6.07, 6.45) is 5.11. The Morgan fingerprint density at radius 2 is 2.07 bits per heavy atom. The molecule has 0 fully saturated rings. The minimum atomic E-state index is 0.123. The topological polar surface area (TPSA) is 25.2 Å². The maximum absolute atomic E-state index is 8.95. The van der Waals surface area contributed by atoms with Crippen LogP contribution in [-0.4, -0.2) is 9.67 Å². The summed E-state index contributed by atoms with van der Waals surface area (Å²) in [6, 6.07) is 6.33. The Morgan fingerprint density at radius 3 is 2.67 bits per heavy atom. The van der Waals surface area contributed by atoms with Crippen LogP contribution < -0.4 is 0 Å². The molecule has 3 heteroatoms. The fraction of sp³-hybridized carbons (Fsp3) is 0.333. The molecule has 2 rings (SSSR count). The molecule has 0 spiro atoms. The highest BCUT2D eigenvalue weighted by Gasteiger charge is 2.00. The number of hydrogen-bond acceptors (Lipinski definition) is 2. The lowest BCUT2D eigenvalue weighted by atomic mass is 10.3. The Kier molecular flexibility index (Phi) is 3.23. The molecule has 2 aromatic heterocycles. The highest BCUT2D eigenvalue weighted by molar-refractivity contribution is 7.11.